The first kappa shape index (κ1) is 22.1. The second-order valence-electron chi connectivity index (χ2n) is 7.75. The van der Waals surface area contributed by atoms with Crippen molar-refractivity contribution in [2.75, 3.05) is 26.2 Å². The summed E-state index contributed by atoms with van der Waals surface area (Å²) in [5.41, 5.74) is 2.66. The van der Waals surface area contributed by atoms with Crippen molar-refractivity contribution >= 4 is 23.2 Å². The molecule has 2 aromatic heterocycles. The lowest BCUT2D eigenvalue weighted by Crippen LogP contribution is -2.51. The van der Waals surface area contributed by atoms with E-state index in [1.54, 1.807) is 18.0 Å². The Morgan fingerprint density at radius 3 is 2.53 bits per heavy atom. The summed E-state index contributed by atoms with van der Waals surface area (Å²) < 4.78 is 5.41. The van der Waals surface area contributed by atoms with E-state index in [1.807, 2.05) is 41.8 Å². The Balaban J connectivity index is 1.23. The Labute approximate surface area is 191 Å². The summed E-state index contributed by atoms with van der Waals surface area (Å²) in [5, 5.41) is 2.58. The molecule has 8 heteroatoms. The van der Waals surface area contributed by atoms with E-state index in [-0.39, 0.29) is 12.3 Å². The molecule has 166 valence electrons. The largest absolute Gasteiger partial charge is 0.452 e. The van der Waals surface area contributed by atoms with Crippen LogP contribution in [0.4, 0.5) is 0 Å². The smallest absolute Gasteiger partial charge is 0.312 e. The number of carbonyl (C=O) groups excluding carboxylic acids is 2. The van der Waals surface area contributed by atoms with Gasteiger partial charge in [0.25, 0.3) is 5.91 Å². The van der Waals surface area contributed by atoms with Crippen molar-refractivity contribution in [2.24, 2.45) is 0 Å². The van der Waals surface area contributed by atoms with Gasteiger partial charge in [-0.1, -0.05) is 36.4 Å². The lowest BCUT2D eigenvalue weighted by atomic mass is 10.2. The second kappa shape index (κ2) is 10.5. The van der Waals surface area contributed by atoms with Crippen LogP contribution in [-0.2, 0) is 27.3 Å². The average Bonchev–Trinajstić information content (AvgIpc) is 3.28. The minimum atomic E-state index is -0.808. The molecule has 1 unspecified atom stereocenters. The number of hydrogen-bond acceptors (Lipinski definition) is 7. The molecule has 1 atom stereocenters. The van der Waals surface area contributed by atoms with Gasteiger partial charge >= 0.3 is 5.97 Å². The fraction of sp³-hybridized carbons (Fsp3) is 0.333. The van der Waals surface area contributed by atoms with Crippen LogP contribution in [0.15, 0.2) is 60.1 Å². The Bertz CT molecular complexity index is 1030. The van der Waals surface area contributed by atoms with Crippen LogP contribution in [0.3, 0.4) is 0 Å². The number of carbonyl (C=O) groups is 2. The molecule has 1 saturated heterocycles. The van der Waals surface area contributed by atoms with Gasteiger partial charge in [0.05, 0.1) is 17.8 Å². The Kier molecular flexibility index (Phi) is 7.24. The van der Waals surface area contributed by atoms with E-state index in [0.717, 1.165) is 30.3 Å². The first-order chi connectivity index (χ1) is 15.6. The maximum Gasteiger partial charge on any atom is 0.312 e. The predicted octanol–water partition coefficient (Wildman–Crippen LogP) is 3.02. The molecule has 1 fully saturated rings. The van der Waals surface area contributed by atoms with Gasteiger partial charge in [-0.05, 0) is 24.6 Å². The fourth-order valence-electron chi connectivity index (χ4n) is 3.66. The van der Waals surface area contributed by atoms with Crippen molar-refractivity contribution in [3.8, 4) is 10.7 Å². The molecule has 0 spiro atoms. The zero-order valence-corrected chi connectivity index (χ0v) is 18.8. The number of aromatic nitrogens is 2. The van der Waals surface area contributed by atoms with Gasteiger partial charge < -0.3 is 9.64 Å². The van der Waals surface area contributed by atoms with Gasteiger partial charge in [-0.25, -0.2) is 4.98 Å². The van der Waals surface area contributed by atoms with Crippen molar-refractivity contribution < 1.29 is 14.3 Å². The van der Waals surface area contributed by atoms with Gasteiger partial charge in [0.2, 0.25) is 0 Å². The molecule has 3 aromatic rings. The van der Waals surface area contributed by atoms with E-state index < -0.39 is 12.1 Å². The molecule has 0 bridgehead atoms. The first-order valence-corrected chi connectivity index (χ1v) is 11.6. The minimum absolute atomic E-state index is 0.0335. The summed E-state index contributed by atoms with van der Waals surface area (Å²) in [6.07, 6.45) is 0.933. The Hall–Kier alpha value is -3.10. The summed E-state index contributed by atoms with van der Waals surface area (Å²) in [5.74, 6) is -0.600. The molecular formula is C24H26N4O3S. The van der Waals surface area contributed by atoms with Gasteiger partial charge in [0.1, 0.15) is 5.01 Å². The van der Waals surface area contributed by atoms with Crippen LogP contribution in [-0.4, -0.2) is 63.9 Å². The number of piperazine rings is 1. The molecule has 32 heavy (non-hydrogen) atoms. The zero-order chi connectivity index (χ0) is 22.3. The summed E-state index contributed by atoms with van der Waals surface area (Å²) in [6, 6.07) is 15.9. The van der Waals surface area contributed by atoms with Crippen molar-refractivity contribution in [3.05, 3.63) is 71.4 Å². The number of ether oxygens (including phenoxy) is 1. The maximum atomic E-state index is 12.7. The maximum absolute atomic E-state index is 12.7. The van der Waals surface area contributed by atoms with Crippen LogP contribution in [0.25, 0.3) is 10.7 Å². The highest BCUT2D eigenvalue weighted by atomic mass is 32.1. The fourth-order valence-corrected chi connectivity index (χ4v) is 4.45. The molecule has 7 nitrogen and oxygen atoms in total. The molecule has 0 N–H and O–H groups in total. The Morgan fingerprint density at radius 2 is 1.81 bits per heavy atom. The third-order valence-electron chi connectivity index (χ3n) is 5.35. The molecule has 1 aromatic carbocycles. The van der Waals surface area contributed by atoms with E-state index in [2.05, 4.69) is 27.0 Å². The summed E-state index contributed by atoms with van der Waals surface area (Å²) in [4.78, 5) is 37.9. The van der Waals surface area contributed by atoms with Crippen molar-refractivity contribution in [1.82, 2.24) is 19.8 Å². The van der Waals surface area contributed by atoms with Gasteiger partial charge in [0.15, 0.2) is 6.10 Å². The molecule has 0 radical (unpaired) electrons. The summed E-state index contributed by atoms with van der Waals surface area (Å²) in [6.45, 7) is 5.38. The van der Waals surface area contributed by atoms with Crippen LogP contribution in [0.2, 0.25) is 0 Å². The monoisotopic (exact) mass is 450 g/mol. The topological polar surface area (TPSA) is 75.6 Å². The van der Waals surface area contributed by atoms with Crippen LogP contribution in [0.5, 0.6) is 0 Å². The normalized spacial score (nSPS) is 15.3. The molecule has 3 heterocycles. The lowest BCUT2D eigenvalue weighted by molar-refractivity contribution is -0.159. The predicted molar refractivity (Wildman–Crippen MR) is 123 cm³/mol. The second-order valence-corrected chi connectivity index (χ2v) is 8.61. The quantitative estimate of drug-likeness (QED) is 0.515. The van der Waals surface area contributed by atoms with Crippen molar-refractivity contribution in [3.63, 3.8) is 0 Å². The number of hydrogen-bond donors (Lipinski definition) is 0. The number of benzene rings is 1. The minimum Gasteiger partial charge on any atom is -0.452 e. The highest BCUT2D eigenvalue weighted by Crippen LogP contribution is 2.21. The average molecular weight is 451 g/mol. The summed E-state index contributed by atoms with van der Waals surface area (Å²) in [7, 11) is 0. The molecule has 0 aliphatic carbocycles. The third kappa shape index (κ3) is 5.77. The van der Waals surface area contributed by atoms with Gasteiger partial charge in [0, 0.05) is 44.3 Å². The Morgan fingerprint density at radius 1 is 1.06 bits per heavy atom. The van der Waals surface area contributed by atoms with Crippen molar-refractivity contribution in [2.45, 2.75) is 26.0 Å². The summed E-state index contributed by atoms with van der Waals surface area (Å²) >= 11 is 1.43. The van der Waals surface area contributed by atoms with Crippen LogP contribution >= 0.6 is 11.3 Å². The first-order valence-electron chi connectivity index (χ1n) is 10.7. The highest BCUT2D eigenvalue weighted by molar-refractivity contribution is 7.13. The van der Waals surface area contributed by atoms with E-state index in [0.29, 0.717) is 18.8 Å². The SMILES string of the molecule is CC(OC(=O)Cc1csc(-c2ccccn2)n1)C(=O)N1CCN(Cc2ccccc2)CC1. The molecule has 1 amide bonds. The molecule has 1 aliphatic heterocycles. The molecule has 4 rings (SSSR count). The number of amides is 1. The molecule has 1 aliphatic rings. The third-order valence-corrected chi connectivity index (χ3v) is 6.26. The number of thiazole rings is 1. The van der Waals surface area contributed by atoms with Crippen LogP contribution in [0.1, 0.15) is 18.2 Å². The number of esters is 1. The molecule has 0 saturated carbocycles. The van der Waals surface area contributed by atoms with Gasteiger partial charge in [-0.2, -0.15) is 0 Å². The number of rotatable bonds is 7. The van der Waals surface area contributed by atoms with Gasteiger partial charge in [-0.15, -0.1) is 11.3 Å². The van der Waals surface area contributed by atoms with E-state index >= 15 is 0 Å². The van der Waals surface area contributed by atoms with Crippen LogP contribution < -0.4 is 0 Å². The van der Waals surface area contributed by atoms with Crippen molar-refractivity contribution in [1.29, 1.82) is 0 Å². The zero-order valence-electron chi connectivity index (χ0n) is 18.0. The van der Waals surface area contributed by atoms with E-state index in [4.69, 9.17) is 4.74 Å². The number of pyridine rings is 1. The van der Waals surface area contributed by atoms with E-state index in [9.17, 15) is 9.59 Å². The molecular weight excluding hydrogens is 424 g/mol. The number of nitrogens with zero attached hydrogens (tertiary/aromatic N) is 4. The van der Waals surface area contributed by atoms with Gasteiger partial charge in [-0.3, -0.25) is 19.5 Å². The van der Waals surface area contributed by atoms with Crippen LogP contribution in [0, 0.1) is 0 Å². The highest BCUT2D eigenvalue weighted by Gasteiger charge is 2.27. The van der Waals surface area contributed by atoms with E-state index in [1.165, 1.54) is 16.9 Å². The standard InChI is InChI=1S/C24H26N4O3S/c1-18(24(30)28-13-11-27(12-14-28)16-19-7-3-2-4-8-19)31-22(29)15-20-17-32-23(26-20)21-9-5-6-10-25-21/h2-10,17-18H,11-16H2,1H3. The lowest BCUT2D eigenvalue weighted by Gasteiger charge is -2.35.